The Bertz CT molecular complexity index is 628. The lowest BCUT2D eigenvalue weighted by molar-refractivity contribution is -0.117. The van der Waals surface area contributed by atoms with Gasteiger partial charge in [0.1, 0.15) is 11.9 Å². The molecule has 0 saturated heterocycles. The predicted octanol–water partition coefficient (Wildman–Crippen LogP) is 3.43. The van der Waals surface area contributed by atoms with Crippen molar-refractivity contribution in [1.29, 1.82) is 0 Å². The fourth-order valence-electron chi connectivity index (χ4n) is 1.73. The van der Waals surface area contributed by atoms with Crippen LogP contribution in [0.2, 0.25) is 5.02 Å². The Morgan fingerprint density at radius 1 is 1.25 bits per heavy atom. The molecule has 2 rings (SSSR count). The van der Waals surface area contributed by atoms with Crippen LogP contribution in [0.5, 0.6) is 0 Å². The van der Waals surface area contributed by atoms with E-state index in [1.54, 1.807) is 12.1 Å². The molecule has 0 saturated carbocycles. The van der Waals surface area contributed by atoms with E-state index in [2.05, 4.69) is 5.32 Å². The summed E-state index contributed by atoms with van der Waals surface area (Å²) in [6, 6.07) is 10.5. The van der Waals surface area contributed by atoms with Gasteiger partial charge in [-0.3, -0.25) is 4.79 Å². The first-order valence-corrected chi connectivity index (χ1v) is 6.43. The molecule has 0 spiro atoms. The Morgan fingerprint density at radius 2 is 1.90 bits per heavy atom. The molecule has 1 unspecified atom stereocenters. The van der Waals surface area contributed by atoms with Gasteiger partial charge in [0.25, 0.3) is 0 Å². The van der Waals surface area contributed by atoms with Crippen LogP contribution >= 0.6 is 11.6 Å². The second-order valence-electron chi connectivity index (χ2n) is 4.50. The van der Waals surface area contributed by atoms with E-state index in [1.807, 2.05) is 19.1 Å². The highest BCUT2D eigenvalue weighted by molar-refractivity contribution is 6.30. The Hall–Kier alpha value is -1.91. The molecule has 2 aromatic rings. The highest BCUT2D eigenvalue weighted by Crippen LogP contribution is 2.20. The van der Waals surface area contributed by atoms with E-state index in [0.717, 1.165) is 11.6 Å². The Kier molecular flexibility index (Phi) is 4.37. The number of hydrogen-bond donors (Lipinski definition) is 2. The summed E-state index contributed by atoms with van der Waals surface area (Å²) in [7, 11) is 0. The van der Waals surface area contributed by atoms with Crippen LogP contribution < -0.4 is 11.1 Å². The van der Waals surface area contributed by atoms with Crippen molar-refractivity contribution < 1.29 is 9.18 Å². The maximum atomic E-state index is 13.6. The molecule has 0 heterocycles. The highest BCUT2D eigenvalue weighted by atomic mass is 35.5. The minimum Gasteiger partial charge on any atom is -0.322 e. The third-order valence-corrected chi connectivity index (χ3v) is 3.14. The molecule has 104 valence electrons. The zero-order valence-electron chi connectivity index (χ0n) is 10.9. The summed E-state index contributed by atoms with van der Waals surface area (Å²) in [6.45, 7) is 1.94. The smallest absolute Gasteiger partial charge is 0.245 e. The fourth-order valence-corrected chi connectivity index (χ4v) is 1.89. The van der Waals surface area contributed by atoms with Gasteiger partial charge in [-0.1, -0.05) is 41.4 Å². The van der Waals surface area contributed by atoms with Crippen molar-refractivity contribution in [3.05, 3.63) is 64.4 Å². The molecule has 0 fully saturated rings. The number of nitrogens with one attached hydrogen (secondary N) is 1. The van der Waals surface area contributed by atoms with Gasteiger partial charge in [-0.25, -0.2) is 4.39 Å². The topological polar surface area (TPSA) is 55.1 Å². The zero-order chi connectivity index (χ0) is 14.7. The summed E-state index contributed by atoms with van der Waals surface area (Å²) < 4.78 is 13.6. The number of aryl methyl sites for hydroxylation is 1. The third kappa shape index (κ3) is 3.35. The lowest BCUT2D eigenvalue weighted by Gasteiger charge is -2.13. The maximum absolute atomic E-state index is 13.6. The number of anilines is 1. The van der Waals surface area contributed by atoms with E-state index in [0.29, 0.717) is 5.56 Å². The van der Waals surface area contributed by atoms with Gasteiger partial charge in [0.15, 0.2) is 0 Å². The first-order chi connectivity index (χ1) is 9.47. The van der Waals surface area contributed by atoms with Crippen LogP contribution in [0.15, 0.2) is 42.5 Å². The summed E-state index contributed by atoms with van der Waals surface area (Å²) in [4.78, 5) is 12.0. The summed E-state index contributed by atoms with van der Waals surface area (Å²) >= 11 is 5.65. The minimum absolute atomic E-state index is 0.0574. The van der Waals surface area contributed by atoms with Gasteiger partial charge in [-0.15, -0.1) is 0 Å². The Labute approximate surface area is 121 Å². The molecule has 0 aromatic heterocycles. The van der Waals surface area contributed by atoms with Crippen molar-refractivity contribution in [1.82, 2.24) is 0 Å². The molecule has 1 atom stereocenters. The van der Waals surface area contributed by atoms with Crippen LogP contribution in [-0.4, -0.2) is 5.91 Å². The number of halogens is 2. The monoisotopic (exact) mass is 292 g/mol. The van der Waals surface area contributed by atoms with Gasteiger partial charge in [0.05, 0.1) is 5.69 Å². The van der Waals surface area contributed by atoms with Crippen molar-refractivity contribution >= 4 is 23.2 Å². The molecule has 0 radical (unpaired) electrons. The van der Waals surface area contributed by atoms with Crippen molar-refractivity contribution in [3.8, 4) is 0 Å². The van der Waals surface area contributed by atoms with Crippen LogP contribution in [0.25, 0.3) is 0 Å². The summed E-state index contributed by atoms with van der Waals surface area (Å²) in [6.07, 6.45) is 0. The normalized spacial score (nSPS) is 12.0. The average Bonchev–Trinajstić information content (AvgIpc) is 2.42. The van der Waals surface area contributed by atoms with Crippen molar-refractivity contribution in [3.63, 3.8) is 0 Å². The van der Waals surface area contributed by atoms with Crippen molar-refractivity contribution in [2.75, 3.05) is 5.32 Å². The van der Waals surface area contributed by atoms with E-state index < -0.39 is 17.8 Å². The van der Waals surface area contributed by atoms with E-state index in [-0.39, 0.29) is 10.7 Å². The zero-order valence-corrected chi connectivity index (χ0v) is 11.6. The fraction of sp³-hybridized carbons (Fsp3) is 0.133. The van der Waals surface area contributed by atoms with E-state index in [4.69, 9.17) is 17.3 Å². The predicted molar refractivity (Wildman–Crippen MR) is 78.1 cm³/mol. The molecule has 0 aliphatic heterocycles. The van der Waals surface area contributed by atoms with Gasteiger partial charge < -0.3 is 11.1 Å². The van der Waals surface area contributed by atoms with Gasteiger partial charge in [-0.2, -0.15) is 0 Å². The molecule has 0 bridgehead atoms. The first kappa shape index (κ1) is 14.5. The number of nitrogens with two attached hydrogens (primary N) is 1. The molecular formula is C15H14ClFN2O. The number of benzene rings is 2. The standard InChI is InChI=1S/C15H14ClFN2O/c1-9-2-4-10(5-3-9)14(18)15(20)19-13-7-6-11(16)8-12(13)17/h2-8,14H,18H2,1H3,(H,19,20). The average molecular weight is 293 g/mol. The second kappa shape index (κ2) is 6.03. The SMILES string of the molecule is Cc1ccc(C(N)C(=O)Nc2ccc(Cl)cc2F)cc1. The van der Waals surface area contributed by atoms with Crippen LogP contribution in [0.1, 0.15) is 17.2 Å². The molecule has 3 N–H and O–H groups in total. The lowest BCUT2D eigenvalue weighted by Crippen LogP contribution is -2.28. The van der Waals surface area contributed by atoms with Gasteiger partial charge in [0.2, 0.25) is 5.91 Å². The van der Waals surface area contributed by atoms with Crippen molar-refractivity contribution in [2.45, 2.75) is 13.0 Å². The number of carbonyl (C=O) groups excluding carboxylic acids is 1. The van der Waals surface area contributed by atoms with Crippen LogP contribution in [-0.2, 0) is 4.79 Å². The molecule has 0 aliphatic rings. The molecule has 20 heavy (non-hydrogen) atoms. The number of rotatable bonds is 3. The van der Waals surface area contributed by atoms with Crippen LogP contribution in [0, 0.1) is 12.7 Å². The summed E-state index contributed by atoms with van der Waals surface area (Å²) in [5.74, 6) is -1.07. The molecule has 0 aliphatic carbocycles. The summed E-state index contributed by atoms with van der Waals surface area (Å²) in [5, 5.41) is 2.72. The third-order valence-electron chi connectivity index (χ3n) is 2.91. The van der Waals surface area contributed by atoms with Crippen molar-refractivity contribution in [2.24, 2.45) is 5.73 Å². The molecular weight excluding hydrogens is 279 g/mol. The molecule has 3 nitrogen and oxygen atoms in total. The Morgan fingerprint density at radius 3 is 2.50 bits per heavy atom. The van der Waals surface area contributed by atoms with Gasteiger partial charge >= 0.3 is 0 Å². The van der Waals surface area contributed by atoms with Gasteiger partial charge in [-0.05, 0) is 30.7 Å². The van der Waals surface area contributed by atoms with E-state index in [1.165, 1.54) is 12.1 Å². The summed E-state index contributed by atoms with van der Waals surface area (Å²) in [5.41, 5.74) is 7.66. The van der Waals surface area contributed by atoms with Gasteiger partial charge in [0, 0.05) is 5.02 Å². The molecule has 1 amide bonds. The van der Waals surface area contributed by atoms with Crippen LogP contribution in [0.3, 0.4) is 0 Å². The maximum Gasteiger partial charge on any atom is 0.245 e. The lowest BCUT2D eigenvalue weighted by atomic mass is 10.1. The Balaban J connectivity index is 2.13. The van der Waals surface area contributed by atoms with E-state index >= 15 is 0 Å². The second-order valence-corrected chi connectivity index (χ2v) is 4.94. The quantitative estimate of drug-likeness (QED) is 0.910. The highest BCUT2D eigenvalue weighted by Gasteiger charge is 2.17. The number of amides is 1. The number of carbonyl (C=O) groups is 1. The minimum atomic E-state index is -0.856. The molecule has 5 heteroatoms. The largest absolute Gasteiger partial charge is 0.322 e. The van der Waals surface area contributed by atoms with Crippen LogP contribution in [0.4, 0.5) is 10.1 Å². The first-order valence-electron chi connectivity index (χ1n) is 6.05. The number of hydrogen-bond acceptors (Lipinski definition) is 2. The molecule has 2 aromatic carbocycles. The van der Waals surface area contributed by atoms with E-state index in [9.17, 15) is 9.18 Å².